The van der Waals surface area contributed by atoms with Gasteiger partial charge in [0.15, 0.2) is 5.82 Å². The van der Waals surface area contributed by atoms with Gasteiger partial charge in [-0.05, 0) is 17.4 Å². The average Bonchev–Trinajstić information content (AvgIpc) is 3.19. The molecule has 0 aliphatic carbocycles. The van der Waals surface area contributed by atoms with Gasteiger partial charge in [0.2, 0.25) is 12.2 Å². The highest BCUT2D eigenvalue weighted by molar-refractivity contribution is 7.27. The average molecular weight is 424 g/mol. The van der Waals surface area contributed by atoms with Crippen molar-refractivity contribution in [2.45, 2.75) is 20.1 Å². The van der Waals surface area contributed by atoms with E-state index in [2.05, 4.69) is 24.5 Å². The quantitative estimate of drug-likeness (QED) is 0.615. The van der Waals surface area contributed by atoms with Crippen LogP contribution >= 0.6 is 9.24 Å². The van der Waals surface area contributed by atoms with E-state index in [0.717, 1.165) is 27.8 Å². The summed E-state index contributed by atoms with van der Waals surface area (Å²) in [4.78, 5) is 23.6. The fourth-order valence-corrected chi connectivity index (χ4v) is 3.51. The minimum Gasteiger partial charge on any atom is -0.356 e. The normalized spacial score (nSPS) is 21.4. The van der Waals surface area contributed by atoms with Crippen LogP contribution in [0.4, 0.5) is 0 Å². The third kappa shape index (κ3) is 4.59. The molecule has 1 atom stereocenters. The monoisotopic (exact) mass is 424 g/mol. The Morgan fingerprint density at radius 3 is 2.47 bits per heavy atom. The van der Waals surface area contributed by atoms with Crippen LogP contribution in [-0.2, 0) is 14.3 Å². The molecule has 2 aromatic heterocycles. The number of carbonyl (C=O) groups excluding carboxylic acids is 1. The molecule has 0 saturated carbocycles. The van der Waals surface area contributed by atoms with Crippen molar-refractivity contribution in [3.05, 3.63) is 54.6 Å². The zero-order valence-corrected chi connectivity index (χ0v) is 18.2. The van der Waals surface area contributed by atoms with Crippen molar-refractivity contribution < 1.29 is 14.3 Å². The number of hydrogen-bond donors (Lipinski definition) is 2. The summed E-state index contributed by atoms with van der Waals surface area (Å²) >= 11 is 0. The molecule has 3 heterocycles. The molecule has 30 heavy (non-hydrogen) atoms. The summed E-state index contributed by atoms with van der Waals surface area (Å²) in [6.45, 7) is 4.95. The third-order valence-corrected chi connectivity index (χ3v) is 5.41. The number of carbonyl (C=O) groups is 1. The highest BCUT2D eigenvalue weighted by Crippen LogP contribution is 2.35. The van der Waals surface area contributed by atoms with Crippen molar-refractivity contribution >= 4 is 20.5 Å². The zero-order valence-electron chi connectivity index (χ0n) is 17.0. The van der Waals surface area contributed by atoms with Gasteiger partial charge in [-0.25, -0.2) is 4.98 Å². The molecule has 0 bridgehead atoms. The van der Waals surface area contributed by atoms with E-state index in [-0.39, 0.29) is 11.3 Å². The number of rotatable bonds is 5. The van der Waals surface area contributed by atoms with Crippen LogP contribution in [0.1, 0.15) is 26.0 Å². The Morgan fingerprint density at radius 1 is 1.17 bits per heavy atom. The molecular weight excluding hydrogens is 399 g/mol. The van der Waals surface area contributed by atoms with Crippen LogP contribution in [0.15, 0.2) is 48.8 Å². The second-order valence-corrected chi connectivity index (χ2v) is 8.54. The van der Waals surface area contributed by atoms with Crippen molar-refractivity contribution in [1.82, 2.24) is 20.3 Å². The first-order chi connectivity index (χ1) is 14.4. The number of nitrogens with one attached hydrogen (secondary N) is 2. The first-order valence-corrected chi connectivity index (χ1v) is 10.4. The molecule has 1 aromatic carbocycles. The number of H-pyrrole nitrogens is 1. The summed E-state index contributed by atoms with van der Waals surface area (Å²) in [5.41, 5.74) is 3.43. The van der Waals surface area contributed by atoms with E-state index in [0.29, 0.717) is 25.6 Å². The molecule has 8 heteroatoms. The Morgan fingerprint density at radius 2 is 1.83 bits per heavy atom. The van der Waals surface area contributed by atoms with Crippen molar-refractivity contribution in [3.8, 4) is 22.5 Å². The van der Waals surface area contributed by atoms with Crippen LogP contribution in [0.25, 0.3) is 22.5 Å². The number of hydrogen-bond acceptors (Lipinski definition) is 5. The van der Waals surface area contributed by atoms with Crippen molar-refractivity contribution in [2.75, 3.05) is 19.8 Å². The van der Waals surface area contributed by atoms with Crippen molar-refractivity contribution in [3.63, 3.8) is 0 Å². The molecule has 4 rings (SSSR count). The maximum atomic E-state index is 11.2. The maximum absolute atomic E-state index is 11.2. The minimum absolute atomic E-state index is 0.0625. The lowest BCUT2D eigenvalue weighted by Gasteiger charge is -2.36. The molecule has 156 valence electrons. The SMILES string of the molecule is CC(=O)NCC1(C)COC(c2nc(-c3ccc(P)cc3)c(-c3ccncc3)[nH]2)OC1. The lowest BCUT2D eigenvalue weighted by molar-refractivity contribution is -0.232. The number of pyridine rings is 1. The van der Waals surface area contributed by atoms with Crippen LogP contribution < -0.4 is 10.6 Å². The van der Waals surface area contributed by atoms with Gasteiger partial charge in [-0.1, -0.05) is 31.2 Å². The molecule has 7 nitrogen and oxygen atoms in total. The summed E-state index contributed by atoms with van der Waals surface area (Å²) in [5.74, 6) is 0.556. The second-order valence-electron chi connectivity index (χ2n) is 7.88. The third-order valence-electron chi connectivity index (χ3n) is 5.03. The molecule has 1 amide bonds. The van der Waals surface area contributed by atoms with Crippen molar-refractivity contribution in [2.24, 2.45) is 5.41 Å². The van der Waals surface area contributed by atoms with Crippen LogP contribution in [0, 0.1) is 5.41 Å². The molecule has 1 aliphatic rings. The van der Waals surface area contributed by atoms with Gasteiger partial charge in [-0.3, -0.25) is 9.78 Å². The molecule has 1 aliphatic heterocycles. The van der Waals surface area contributed by atoms with E-state index in [1.54, 1.807) is 12.4 Å². The summed E-state index contributed by atoms with van der Waals surface area (Å²) in [6.07, 6.45) is 2.92. The molecule has 2 N–H and O–H groups in total. The number of benzene rings is 1. The highest BCUT2D eigenvalue weighted by Gasteiger charge is 2.35. The van der Waals surface area contributed by atoms with Crippen molar-refractivity contribution in [1.29, 1.82) is 0 Å². The van der Waals surface area contributed by atoms with Crippen LogP contribution in [0.3, 0.4) is 0 Å². The van der Waals surface area contributed by atoms with Crippen LogP contribution in [-0.4, -0.2) is 40.6 Å². The Balaban J connectivity index is 1.61. The number of amides is 1. The number of ether oxygens (including phenoxy) is 2. The molecule has 0 radical (unpaired) electrons. The summed E-state index contributed by atoms with van der Waals surface area (Å²) in [7, 11) is 2.69. The number of aromatic amines is 1. The number of nitrogens with zero attached hydrogens (tertiary/aromatic N) is 2. The van der Waals surface area contributed by atoms with Gasteiger partial charge in [0.05, 0.1) is 24.6 Å². The first-order valence-electron chi connectivity index (χ1n) is 9.77. The summed E-state index contributed by atoms with van der Waals surface area (Å²) < 4.78 is 12.0. The Bertz CT molecular complexity index is 1010. The van der Waals surface area contributed by atoms with E-state index in [1.165, 1.54) is 6.92 Å². The van der Waals surface area contributed by atoms with Crippen LogP contribution in [0.2, 0.25) is 0 Å². The van der Waals surface area contributed by atoms with Gasteiger partial charge in [-0.15, -0.1) is 9.24 Å². The smallest absolute Gasteiger partial charge is 0.217 e. The lowest BCUT2D eigenvalue weighted by atomic mass is 9.92. The topological polar surface area (TPSA) is 89.1 Å². The standard InChI is InChI=1S/C22H25N4O3P/c1-14(27)24-11-22(2)12-28-21(29-13-22)20-25-18(15-3-5-17(30)6-4-15)19(26-20)16-7-9-23-10-8-16/h3-10,21H,11-13,30H2,1-2H3,(H,24,27)(H,25,26). The van der Waals surface area contributed by atoms with Gasteiger partial charge in [-0.2, -0.15) is 0 Å². The van der Waals surface area contributed by atoms with E-state index in [1.807, 2.05) is 43.3 Å². The van der Waals surface area contributed by atoms with E-state index in [9.17, 15) is 4.79 Å². The molecule has 3 aromatic rings. The maximum Gasteiger partial charge on any atom is 0.217 e. The second kappa shape index (κ2) is 8.64. The largest absolute Gasteiger partial charge is 0.356 e. The van der Waals surface area contributed by atoms with Gasteiger partial charge in [0, 0.05) is 42.4 Å². The fraction of sp³-hybridized carbons (Fsp3) is 0.318. The Labute approximate surface area is 177 Å². The van der Waals surface area contributed by atoms with Gasteiger partial charge < -0.3 is 19.8 Å². The van der Waals surface area contributed by atoms with Gasteiger partial charge >= 0.3 is 0 Å². The summed E-state index contributed by atoms with van der Waals surface area (Å²) in [6, 6.07) is 12.0. The molecule has 1 saturated heterocycles. The first kappa shape index (κ1) is 20.7. The zero-order chi connectivity index (χ0) is 21.1. The summed E-state index contributed by atoms with van der Waals surface area (Å²) in [5, 5.41) is 3.95. The number of aromatic nitrogens is 3. The molecular formula is C22H25N4O3P. The number of imidazole rings is 1. The fourth-order valence-electron chi connectivity index (χ4n) is 3.32. The predicted molar refractivity (Wildman–Crippen MR) is 118 cm³/mol. The molecule has 0 spiro atoms. The predicted octanol–water partition coefficient (Wildman–Crippen LogP) is 2.83. The highest BCUT2D eigenvalue weighted by atomic mass is 31.0. The van der Waals surface area contributed by atoms with Gasteiger partial charge in [0.1, 0.15) is 0 Å². The van der Waals surface area contributed by atoms with Gasteiger partial charge in [0.25, 0.3) is 0 Å². The van der Waals surface area contributed by atoms with E-state index >= 15 is 0 Å². The Hall–Kier alpha value is -2.60. The molecule has 1 fully saturated rings. The minimum atomic E-state index is -0.592. The van der Waals surface area contributed by atoms with E-state index < -0.39 is 6.29 Å². The lowest BCUT2D eigenvalue weighted by Crippen LogP contribution is -2.45. The van der Waals surface area contributed by atoms with E-state index in [4.69, 9.17) is 14.5 Å². The van der Waals surface area contributed by atoms with Crippen LogP contribution in [0.5, 0.6) is 0 Å². The molecule has 1 unspecified atom stereocenters. The Kier molecular flexibility index (Phi) is 5.95.